The molecule has 3 heterocycles. The van der Waals surface area contributed by atoms with E-state index in [1.807, 2.05) is 0 Å². The first-order chi connectivity index (χ1) is 24.4. The Morgan fingerprint density at radius 2 is 1.08 bits per heavy atom. The number of fused-ring (bicyclic) bond motifs is 2. The van der Waals surface area contributed by atoms with Gasteiger partial charge in [0.25, 0.3) is 0 Å². The second-order valence-electron chi connectivity index (χ2n) is 16.9. The average Bonchev–Trinajstić information content (AvgIpc) is 3.10. The number of hydrogen-bond acceptors (Lipinski definition) is 15. The molecule has 0 aromatic carbocycles. The fourth-order valence-corrected chi connectivity index (χ4v) is 11.2. The van der Waals surface area contributed by atoms with Crippen LogP contribution in [0.3, 0.4) is 0 Å². The molecule has 4 saturated carbocycles. The highest BCUT2D eigenvalue weighted by Gasteiger charge is 2.62. The summed E-state index contributed by atoms with van der Waals surface area (Å²) in [5.74, 6) is -2.90. The van der Waals surface area contributed by atoms with Crippen molar-refractivity contribution in [2.75, 3.05) is 6.61 Å². The lowest BCUT2D eigenvalue weighted by Gasteiger charge is -2.59. The van der Waals surface area contributed by atoms with Crippen LogP contribution in [-0.4, -0.2) is 167 Å². The van der Waals surface area contributed by atoms with Gasteiger partial charge in [-0.25, -0.2) is 0 Å². The normalized spacial score (nSPS) is 56.9. The molecule has 294 valence electrons. The van der Waals surface area contributed by atoms with E-state index < -0.39 is 134 Å². The van der Waals surface area contributed by atoms with Crippen molar-refractivity contribution < 1.29 is 75.1 Å². The van der Waals surface area contributed by atoms with Crippen molar-refractivity contribution in [3.63, 3.8) is 0 Å². The summed E-state index contributed by atoms with van der Waals surface area (Å²) >= 11 is 0. The monoisotopic (exact) mass is 732 g/mol. The van der Waals surface area contributed by atoms with Crippen LogP contribution >= 0.6 is 0 Å². The molecule has 4 aliphatic carbocycles. The minimum Gasteiger partial charge on any atom is -0.394 e. The van der Waals surface area contributed by atoms with Crippen LogP contribution in [0.15, 0.2) is 0 Å². The van der Waals surface area contributed by atoms with E-state index in [-0.39, 0.29) is 37.5 Å². The Morgan fingerprint density at radius 1 is 0.471 bits per heavy atom. The molecule has 0 bridgehead atoms. The molecule has 7 rings (SSSR count). The summed E-state index contributed by atoms with van der Waals surface area (Å²) in [6, 6.07) is 0. The molecular weight excluding hydrogens is 672 g/mol. The summed E-state index contributed by atoms with van der Waals surface area (Å²) in [5, 5.41) is 120. The second kappa shape index (κ2) is 15.9. The van der Waals surface area contributed by atoms with Gasteiger partial charge in [-0.3, -0.25) is 0 Å². The Kier molecular flexibility index (Phi) is 12.0. The third-order valence-electron chi connectivity index (χ3n) is 13.8. The first kappa shape index (κ1) is 38.7. The topological polar surface area (TPSA) is 259 Å². The van der Waals surface area contributed by atoms with Crippen molar-refractivity contribution in [3.8, 4) is 0 Å². The Bertz CT molecular complexity index is 1130. The van der Waals surface area contributed by atoms with Crippen molar-refractivity contribution in [2.45, 2.75) is 181 Å². The van der Waals surface area contributed by atoms with Gasteiger partial charge in [-0.05, 0) is 88.9 Å². The van der Waals surface area contributed by atoms with E-state index in [0.717, 1.165) is 0 Å². The van der Waals surface area contributed by atoms with Crippen LogP contribution in [-0.2, 0) is 18.9 Å². The van der Waals surface area contributed by atoms with Crippen molar-refractivity contribution >= 4 is 0 Å². The zero-order chi connectivity index (χ0) is 36.3. The van der Waals surface area contributed by atoms with Crippen LogP contribution in [0.1, 0.15) is 77.0 Å². The first-order valence-corrected chi connectivity index (χ1v) is 19.4. The highest BCUT2D eigenvalue weighted by Crippen LogP contribution is 2.53. The van der Waals surface area contributed by atoms with Crippen LogP contribution < -0.4 is 0 Å². The fraction of sp³-hybridized carbons (Fsp3) is 1.00. The zero-order valence-corrected chi connectivity index (χ0v) is 29.0. The molecule has 0 aromatic heterocycles. The Balaban J connectivity index is 1.21. The smallest absolute Gasteiger partial charge is 0.187 e. The van der Waals surface area contributed by atoms with Gasteiger partial charge in [0.1, 0.15) is 24.4 Å². The largest absolute Gasteiger partial charge is 0.394 e. The van der Waals surface area contributed by atoms with Crippen LogP contribution in [0.2, 0.25) is 0 Å². The third-order valence-corrected chi connectivity index (χ3v) is 13.8. The minimum absolute atomic E-state index is 0.0251. The summed E-state index contributed by atoms with van der Waals surface area (Å²) in [7, 11) is 0. The minimum atomic E-state index is -1.65. The highest BCUT2D eigenvalue weighted by atomic mass is 16.7. The molecule has 19 unspecified atom stereocenters. The number of aliphatic hydroxyl groups is 11. The van der Waals surface area contributed by atoms with E-state index in [9.17, 15) is 56.2 Å². The molecule has 3 saturated heterocycles. The molecular formula is C36H60O15. The Labute approximate surface area is 298 Å². The van der Waals surface area contributed by atoms with Gasteiger partial charge in [0, 0.05) is 23.7 Å². The molecule has 7 aliphatic rings. The average molecular weight is 733 g/mol. The quantitative estimate of drug-likeness (QED) is 0.137. The van der Waals surface area contributed by atoms with E-state index in [1.165, 1.54) is 0 Å². The Hall–Kier alpha value is -0.600. The van der Waals surface area contributed by atoms with Crippen molar-refractivity contribution in [2.24, 2.45) is 35.5 Å². The van der Waals surface area contributed by atoms with Crippen LogP contribution in [0.25, 0.3) is 0 Å². The second-order valence-corrected chi connectivity index (χ2v) is 16.9. The molecule has 0 spiro atoms. The fourth-order valence-electron chi connectivity index (χ4n) is 11.2. The number of rotatable bonds is 6. The maximum Gasteiger partial charge on any atom is 0.187 e. The van der Waals surface area contributed by atoms with Crippen molar-refractivity contribution in [3.05, 3.63) is 0 Å². The zero-order valence-electron chi connectivity index (χ0n) is 29.0. The number of aliphatic hydroxyl groups excluding tert-OH is 11. The van der Waals surface area contributed by atoms with Crippen LogP contribution in [0.4, 0.5) is 0 Å². The lowest BCUT2D eigenvalue weighted by molar-refractivity contribution is -0.340. The number of ether oxygens (including phenoxy) is 4. The number of hydrogen-bond donors (Lipinski definition) is 11. The van der Waals surface area contributed by atoms with E-state index >= 15 is 0 Å². The van der Waals surface area contributed by atoms with Gasteiger partial charge in [-0.1, -0.05) is 0 Å². The van der Waals surface area contributed by atoms with Gasteiger partial charge in [-0.2, -0.15) is 0 Å². The van der Waals surface area contributed by atoms with Gasteiger partial charge in [0.2, 0.25) is 0 Å². The van der Waals surface area contributed by atoms with Crippen LogP contribution in [0, 0.1) is 35.5 Å². The third kappa shape index (κ3) is 7.53. The Morgan fingerprint density at radius 3 is 1.71 bits per heavy atom. The summed E-state index contributed by atoms with van der Waals surface area (Å²) in [5.41, 5.74) is 0. The molecule has 51 heavy (non-hydrogen) atoms. The van der Waals surface area contributed by atoms with Crippen molar-refractivity contribution in [1.29, 1.82) is 0 Å². The predicted octanol–water partition coefficient (Wildman–Crippen LogP) is -2.33. The molecule has 15 heteroatoms. The lowest BCUT2D eigenvalue weighted by atomic mass is 9.57. The molecule has 11 N–H and O–H groups in total. The molecule has 7 fully saturated rings. The van der Waals surface area contributed by atoms with Gasteiger partial charge < -0.3 is 75.1 Å². The van der Waals surface area contributed by atoms with Gasteiger partial charge >= 0.3 is 0 Å². The molecule has 15 nitrogen and oxygen atoms in total. The molecule has 3 aliphatic heterocycles. The first-order valence-electron chi connectivity index (χ1n) is 19.4. The molecule has 19 atom stereocenters. The lowest BCUT2D eigenvalue weighted by Crippen LogP contribution is -2.68. The maximum atomic E-state index is 12.3. The maximum absolute atomic E-state index is 12.3. The van der Waals surface area contributed by atoms with E-state index in [2.05, 4.69) is 0 Å². The van der Waals surface area contributed by atoms with Gasteiger partial charge in [0.15, 0.2) is 6.29 Å². The van der Waals surface area contributed by atoms with Gasteiger partial charge in [0.05, 0.1) is 79.9 Å². The summed E-state index contributed by atoms with van der Waals surface area (Å²) in [6.07, 6.45) is -11.7. The van der Waals surface area contributed by atoms with E-state index in [4.69, 9.17) is 18.9 Å². The van der Waals surface area contributed by atoms with Crippen LogP contribution in [0.5, 0.6) is 0 Å². The summed E-state index contributed by atoms with van der Waals surface area (Å²) in [4.78, 5) is 0. The summed E-state index contributed by atoms with van der Waals surface area (Å²) in [6.45, 7) is -0.625. The van der Waals surface area contributed by atoms with E-state index in [0.29, 0.717) is 51.4 Å². The predicted molar refractivity (Wildman–Crippen MR) is 174 cm³/mol. The molecule has 0 amide bonds. The van der Waals surface area contributed by atoms with E-state index in [1.54, 1.807) is 0 Å². The highest BCUT2D eigenvalue weighted by molar-refractivity contribution is 5.09. The van der Waals surface area contributed by atoms with Crippen molar-refractivity contribution in [1.82, 2.24) is 0 Å². The standard InChI is InChI=1S/C36H60O15/c37-13-25-29(44)31(46)32(47)36(50-25)49-24-11-19-20(41)12-22(43)27(35(19)51-33(24)14-1-5-16(38)6-2-14)28-26-21(42)9-18(40)10-23(26)48-34(30(28)45)15-3-7-17(39)8-4-15/h14-47H,1-13H2. The SMILES string of the molecule is OCC1OC(OC2CC3C(O)CC(O)C(C4C(O)C(C5CCC(O)CC5)OC5CC(O)CC(O)C54)C3OC2C2CCC(O)CC2)C(O)C(O)C1O. The molecule has 0 radical (unpaired) electrons. The summed E-state index contributed by atoms with van der Waals surface area (Å²) < 4.78 is 25.6. The molecule has 0 aromatic rings. The van der Waals surface area contributed by atoms with Gasteiger partial charge in [-0.15, -0.1) is 0 Å².